The number of hydrogen-bond donors (Lipinski definition) is 2. The van der Waals surface area contributed by atoms with Crippen LogP contribution in [0.3, 0.4) is 0 Å². The highest BCUT2D eigenvalue weighted by Crippen LogP contribution is 2.36. The van der Waals surface area contributed by atoms with Gasteiger partial charge < -0.3 is 14.8 Å². The monoisotopic (exact) mass is 383 g/mol. The second-order valence-corrected chi connectivity index (χ2v) is 5.77. The van der Waals surface area contributed by atoms with Gasteiger partial charge in [-0.25, -0.2) is 5.43 Å². The number of amides is 2. The molecule has 1 aliphatic rings. The Morgan fingerprint density at radius 1 is 1.39 bits per heavy atom. The summed E-state index contributed by atoms with van der Waals surface area (Å²) >= 11 is 3.40. The highest BCUT2D eigenvalue weighted by atomic mass is 79.9. The molecule has 1 aromatic carbocycles. The number of carbonyl (C=O) groups is 2. The lowest BCUT2D eigenvalue weighted by molar-refractivity contribution is -0.139. The predicted molar refractivity (Wildman–Crippen MR) is 88.8 cm³/mol. The largest absolute Gasteiger partial charge is 0.493 e. The molecule has 0 radical (unpaired) electrons. The van der Waals surface area contributed by atoms with Crippen molar-refractivity contribution in [2.45, 2.75) is 25.8 Å². The van der Waals surface area contributed by atoms with Gasteiger partial charge in [-0.1, -0.05) is 0 Å². The topological polar surface area (TPSA) is 89.0 Å². The Bertz CT molecular complexity index is 629. The fourth-order valence-corrected chi connectivity index (χ4v) is 2.37. The minimum Gasteiger partial charge on any atom is -0.493 e. The molecule has 0 aliphatic heterocycles. The molecule has 1 saturated carbocycles. The number of rotatable bonds is 6. The minimum absolute atomic E-state index is 0.128. The molecule has 0 atom stereocenters. The van der Waals surface area contributed by atoms with Gasteiger partial charge in [-0.2, -0.15) is 5.10 Å². The fourth-order valence-electron chi connectivity index (χ4n) is 1.79. The number of methoxy groups -OCH3 is 1. The maximum absolute atomic E-state index is 11.5. The summed E-state index contributed by atoms with van der Waals surface area (Å²) in [4.78, 5) is 23.0. The quantitative estimate of drug-likeness (QED) is 0.443. The molecule has 1 fully saturated rings. The number of ether oxygens (including phenoxy) is 2. The maximum atomic E-state index is 11.5. The van der Waals surface area contributed by atoms with Gasteiger partial charge in [0.15, 0.2) is 11.5 Å². The number of benzene rings is 1. The summed E-state index contributed by atoms with van der Waals surface area (Å²) in [5, 5.41) is 6.36. The van der Waals surface area contributed by atoms with Crippen molar-refractivity contribution >= 4 is 34.0 Å². The van der Waals surface area contributed by atoms with Crippen molar-refractivity contribution in [1.82, 2.24) is 10.7 Å². The van der Waals surface area contributed by atoms with Gasteiger partial charge in [0.1, 0.15) is 0 Å². The molecule has 1 aliphatic carbocycles. The molecule has 0 bridgehead atoms. The van der Waals surface area contributed by atoms with E-state index in [1.165, 1.54) is 13.3 Å². The molecular weight excluding hydrogens is 366 g/mol. The van der Waals surface area contributed by atoms with Gasteiger partial charge in [0.05, 0.1) is 24.4 Å². The van der Waals surface area contributed by atoms with Gasteiger partial charge in [-0.05, 0) is 53.4 Å². The van der Waals surface area contributed by atoms with E-state index in [0.717, 1.165) is 12.8 Å². The van der Waals surface area contributed by atoms with Gasteiger partial charge in [-0.3, -0.25) is 9.59 Å². The second kappa shape index (κ2) is 7.96. The number of nitrogens with zero attached hydrogens (tertiary/aromatic N) is 1. The summed E-state index contributed by atoms with van der Waals surface area (Å²) in [6.45, 7) is 2.39. The summed E-state index contributed by atoms with van der Waals surface area (Å²) in [7, 11) is 1.54. The van der Waals surface area contributed by atoms with Crippen LogP contribution in [0.2, 0.25) is 0 Å². The van der Waals surface area contributed by atoms with E-state index in [1.54, 1.807) is 12.1 Å². The lowest BCUT2D eigenvalue weighted by Gasteiger charge is -2.11. The number of hydrogen-bond acceptors (Lipinski definition) is 5. The van der Waals surface area contributed by atoms with E-state index >= 15 is 0 Å². The lowest BCUT2D eigenvalue weighted by atomic mass is 10.2. The van der Waals surface area contributed by atoms with Crippen molar-refractivity contribution < 1.29 is 19.1 Å². The maximum Gasteiger partial charge on any atom is 0.329 e. The molecule has 0 unspecified atom stereocenters. The van der Waals surface area contributed by atoms with E-state index < -0.39 is 11.8 Å². The Balaban J connectivity index is 1.99. The summed E-state index contributed by atoms with van der Waals surface area (Å²) in [6.07, 6.45) is 3.26. The first-order chi connectivity index (χ1) is 11.0. The normalized spacial score (nSPS) is 13.7. The predicted octanol–water partition coefficient (Wildman–Crippen LogP) is 1.59. The average molecular weight is 384 g/mol. The van der Waals surface area contributed by atoms with E-state index in [0.29, 0.717) is 28.1 Å². The third-order valence-corrected chi connectivity index (χ3v) is 3.63. The summed E-state index contributed by atoms with van der Waals surface area (Å²) < 4.78 is 11.5. The average Bonchev–Trinajstić information content (AvgIpc) is 3.33. The van der Waals surface area contributed by atoms with Crippen LogP contribution >= 0.6 is 15.9 Å². The second-order valence-electron chi connectivity index (χ2n) is 4.91. The SMILES string of the molecule is CCOc1c(Br)cc(/C=N\NC(=O)C(=O)NC2CC2)cc1OC. The fraction of sp³-hybridized carbons (Fsp3) is 0.400. The number of hydrazone groups is 1. The Hall–Kier alpha value is -2.09. The molecule has 0 aromatic heterocycles. The Labute approximate surface area is 142 Å². The van der Waals surface area contributed by atoms with E-state index in [4.69, 9.17) is 9.47 Å². The smallest absolute Gasteiger partial charge is 0.329 e. The van der Waals surface area contributed by atoms with Crippen molar-refractivity contribution in [2.24, 2.45) is 5.10 Å². The van der Waals surface area contributed by atoms with Crippen molar-refractivity contribution in [3.05, 3.63) is 22.2 Å². The zero-order valence-corrected chi connectivity index (χ0v) is 14.5. The van der Waals surface area contributed by atoms with E-state index in [1.807, 2.05) is 6.92 Å². The van der Waals surface area contributed by atoms with Crippen molar-refractivity contribution in [2.75, 3.05) is 13.7 Å². The summed E-state index contributed by atoms with van der Waals surface area (Å²) in [6, 6.07) is 3.62. The molecule has 0 heterocycles. The van der Waals surface area contributed by atoms with Gasteiger partial charge in [0.2, 0.25) is 0 Å². The summed E-state index contributed by atoms with van der Waals surface area (Å²) in [5.41, 5.74) is 2.87. The first-order valence-corrected chi connectivity index (χ1v) is 7.98. The van der Waals surface area contributed by atoms with Crippen molar-refractivity contribution in [3.63, 3.8) is 0 Å². The standard InChI is InChI=1S/C15H18BrN3O4/c1-3-23-13-11(16)6-9(7-12(13)22-2)8-17-19-15(21)14(20)18-10-4-5-10/h6-8,10H,3-5H2,1-2H3,(H,18,20)(H,19,21)/b17-8-. The van der Waals surface area contributed by atoms with Crippen LogP contribution in [0.5, 0.6) is 11.5 Å². The first kappa shape index (κ1) is 17.3. The van der Waals surface area contributed by atoms with E-state index in [-0.39, 0.29) is 6.04 Å². The zero-order chi connectivity index (χ0) is 16.8. The van der Waals surface area contributed by atoms with Gasteiger partial charge in [0.25, 0.3) is 0 Å². The Morgan fingerprint density at radius 2 is 2.13 bits per heavy atom. The molecule has 124 valence electrons. The third-order valence-electron chi connectivity index (χ3n) is 3.04. The summed E-state index contributed by atoms with van der Waals surface area (Å²) in [5.74, 6) is -0.319. The number of halogens is 1. The Kier molecular flexibility index (Phi) is 5.97. The first-order valence-electron chi connectivity index (χ1n) is 7.19. The van der Waals surface area contributed by atoms with Crippen LogP contribution in [0, 0.1) is 0 Å². The Morgan fingerprint density at radius 3 is 2.74 bits per heavy atom. The van der Waals surface area contributed by atoms with Crippen LogP contribution in [0.25, 0.3) is 0 Å². The van der Waals surface area contributed by atoms with Crippen LogP contribution < -0.4 is 20.2 Å². The molecule has 1 aromatic rings. The highest BCUT2D eigenvalue weighted by Gasteiger charge is 2.26. The van der Waals surface area contributed by atoms with Gasteiger partial charge in [-0.15, -0.1) is 0 Å². The number of nitrogens with one attached hydrogen (secondary N) is 2. The van der Waals surface area contributed by atoms with Crippen LogP contribution in [-0.4, -0.2) is 37.8 Å². The van der Waals surface area contributed by atoms with Gasteiger partial charge in [0, 0.05) is 6.04 Å². The van der Waals surface area contributed by atoms with E-state index in [2.05, 4.69) is 31.8 Å². The molecule has 2 amide bonds. The van der Waals surface area contributed by atoms with Crippen LogP contribution in [0.15, 0.2) is 21.7 Å². The van der Waals surface area contributed by atoms with Crippen molar-refractivity contribution in [1.29, 1.82) is 0 Å². The highest BCUT2D eigenvalue weighted by molar-refractivity contribution is 9.10. The molecule has 7 nitrogen and oxygen atoms in total. The third kappa shape index (κ3) is 4.95. The molecule has 2 N–H and O–H groups in total. The minimum atomic E-state index is -0.787. The molecule has 0 saturated heterocycles. The van der Waals surface area contributed by atoms with Gasteiger partial charge >= 0.3 is 11.8 Å². The van der Waals surface area contributed by atoms with Crippen molar-refractivity contribution in [3.8, 4) is 11.5 Å². The molecule has 0 spiro atoms. The lowest BCUT2D eigenvalue weighted by Crippen LogP contribution is -2.38. The molecule has 2 rings (SSSR count). The molecular formula is C15H18BrN3O4. The van der Waals surface area contributed by atoms with Crippen LogP contribution in [-0.2, 0) is 9.59 Å². The zero-order valence-electron chi connectivity index (χ0n) is 12.9. The van der Waals surface area contributed by atoms with Crippen LogP contribution in [0.1, 0.15) is 25.3 Å². The molecule has 8 heteroatoms. The molecule has 23 heavy (non-hydrogen) atoms. The number of carbonyl (C=O) groups excluding carboxylic acids is 2. The van der Waals surface area contributed by atoms with Crippen LogP contribution in [0.4, 0.5) is 0 Å². The van der Waals surface area contributed by atoms with E-state index in [9.17, 15) is 9.59 Å².